The van der Waals surface area contributed by atoms with Gasteiger partial charge in [0.25, 0.3) is 0 Å². The number of ether oxygens (including phenoxy) is 1. The van der Waals surface area contributed by atoms with E-state index in [0.717, 1.165) is 50.9 Å². The molecule has 5 heteroatoms. The number of aryl methyl sites for hydroxylation is 1. The zero-order valence-electron chi connectivity index (χ0n) is 12.5. The van der Waals surface area contributed by atoms with Crippen molar-refractivity contribution in [2.45, 2.75) is 13.5 Å². The summed E-state index contributed by atoms with van der Waals surface area (Å²) in [5.74, 6) is 1.06. The molecular formula is C16H22N4O. The minimum atomic E-state index is 0.824. The largest absolute Gasteiger partial charge is 0.383 e. The second-order valence-electron chi connectivity index (χ2n) is 5.24. The van der Waals surface area contributed by atoms with Crippen LogP contribution in [0.3, 0.4) is 0 Å². The molecule has 2 heterocycles. The van der Waals surface area contributed by atoms with Crippen LogP contribution in [0.15, 0.2) is 36.7 Å². The predicted octanol–water partition coefficient (Wildman–Crippen LogP) is 2.14. The molecule has 0 radical (unpaired) electrons. The molecule has 1 saturated heterocycles. The second-order valence-corrected chi connectivity index (χ2v) is 5.24. The van der Waals surface area contributed by atoms with Gasteiger partial charge in [-0.3, -0.25) is 0 Å². The van der Waals surface area contributed by atoms with Crippen LogP contribution < -0.4 is 10.2 Å². The van der Waals surface area contributed by atoms with Crippen molar-refractivity contribution in [2.75, 3.05) is 43.1 Å². The maximum absolute atomic E-state index is 5.38. The molecule has 1 aliphatic heterocycles. The van der Waals surface area contributed by atoms with E-state index in [1.807, 2.05) is 19.3 Å². The van der Waals surface area contributed by atoms with Crippen molar-refractivity contribution in [3.05, 3.63) is 42.5 Å². The molecule has 0 atom stereocenters. The van der Waals surface area contributed by atoms with Crippen LogP contribution in [0.4, 0.5) is 11.4 Å². The average molecular weight is 286 g/mol. The lowest BCUT2D eigenvalue weighted by Crippen LogP contribution is -2.36. The highest BCUT2D eigenvalue weighted by molar-refractivity contribution is 5.55. The lowest BCUT2D eigenvalue weighted by molar-refractivity contribution is 0.122. The van der Waals surface area contributed by atoms with E-state index >= 15 is 0 Å². The van der Waals surface area contributed by atoms with Gasteiger partial charge in [-0.2, -0.15) is 0 Å². The van der Waals surface area contributed by atoms with E-state index in [1.165, 1.54) is 5.69 Å². The summed E-state index contributed by atoms with van der Waals surface area (Å²) in [5.41, 5.74) is 2.43. The Morgan fingerprint density at radius 1 is 1.19 bits per heavy atom. The summed E-state index contributed by atoms with van der Waals surface area (Å²) in [4.78, 5) is 6.59. The zero-order valence-corrected chi connectivity index (χ0v) is 12.5. The van der Waals surface area contributed by atoms with E-state index < -0.39 is 0 Å². The number of benzene rings is 1. The van der Waals surface area contributed by atoms with E-state index in [9.17, 15) is 0 Å². The molecule has 2 aromatic rings. The number of imidazole rings is 1. The number of hydrogen-bond donors (Lipinski definition) is 1. The van der Waals surface area contributed by atoms with Gasteiger partial charge in [0.1, 0.15) is 5.82 Å². The minimum absolute atomic E-state index is 0.824. The van der Waals surface area contributed by atoms with Crippen molar-refractivity contribution in [1.82, 2.24) is 9.55 Å². The van der Waals surface area contributed by atoms with E-state index in [4.69, 9.17) is 4.74 Å². The molecule has 21 heavy (non-hydrogen) atoms. The zero-order chi connectivity index (χ0) is 14.5. The second kappa shape index (κ2) is 6.63. The molecule has 3 rings (SSSR count). The molecule has 1 aromatic heterocycles. The number of morpholine rings is 1. The predicted molar refractivity (Wildman–Crippen MR) is 84.9 cm³/mol. The third-order valence-corrected chi connectivity index (χ3v) is 3.85. The van der Waals surface area contributed by atoms with Crippen LogP contribution in [0.1, 0.15) is 5.82 Å². The molecule has 1 fully saturated rings. The fourth-order valence-corrected chi connectivity index (χ4v) is 2.57. The van der Waals surface area contributed by atoms with Gasteiger partial charge in [-0.05, 0) is 31.2 Å². The standard InChI is InChI=1S/C16H22N4O/c1-14-17-6-8-19(14)9-7-18-15-2-4-16(5-3-15)20-10-12-21-13-11-20/h2-6,8,18H,7,9-13H2,1H3. The van der Waals surface area contributed by atoms with Crippen LogP contribution in [0, 0.1) is 6.92 Å². The number of hydrogen-bond acceptors (Lipinski definition) is 4. The lowest BCUT2D eigenvalue weighted by Gasteiger charge is -2.28. The van der Waals surface area contributed by atoms with Gasteiger partial charge >= 0.3 is 0 Å². The van der Waals surface area contributed by atoms with E-state index in [1.54, 1.807) is 0 Å². The van der Waals surface area contributed by atoms with Crippen LogP contribution in [-0.2, 0) is 11.3 Å². The number of nitrogens with one attached hydrogen (secondary N) is 1. The van der Waals surface area contributed by atoms with Crippen LogP contribution in [0.5, 0.6) is 0 Å². The molecule has 0 saturated carbocycles. The molecule has 0 spiro atoms. The number of anilines is 2. The highest BCUT2D eigenvalue weighted by Crippen LogP contribution is 2.18. The van der Waals surface area contributed by atoms with Gasteiger partial charge in [0.15, 0.2) is 0 Å². The number of rotatable bonds is 5. The summed E-state index contributed by atoms with van der Waals surface area (Å²) in [6, 6.07) is 8.64. The van der Waals surface area contributed by atoms with E-state index in [2.05, 4.69) is 44.0 Å². The van der Waals surface area contributed by atoms with Crippen LogP contribution in [0.2, 0.25) is 0 Å². The topological polar surface area (TPSA) is 42.3 Å². The van der Waals surface area contributed by atoms with Gasteiger partial charge < -0.3 is 19.5 Å². The Morgan fingerprint density at radius 3 is 2.62 bits per heavy atom. The molecule has 1 aromatic carbocycles. The molecule has 0 unspecified atom stereocenters. The van der Waals surface area contributed by atoms with E-state index in [0.29, 0.717) is 0 Å². The van der Waals surface area contributed by atoms with Crippen molar-refractivity contribution >= 4 is 11.4 Å². The van der Waals surface area contributed by atoms with Gasteiger partial charge in [0.2, 0.25) is 0 Å². The summed E-state index contributed by atoms with van der Waals surface area (Å²) >= 11 is 0. The first-order valence-corrected chi connectivity index (χ1v) is 7.47. The van der Waals surface area contributed by atoms with Crippen LogP contribution >= 0.6 is 0 Å². The first kappa shape index (κ1) is 13.9. The summed E-state index contributed by atoms with van der Waals surface area (Å²) in [6.45, 7) is 7.45. The minimum Gasteiger partial charge on any atom is -0.383 e. The van der Waals surface area contributed by atoms with Crippen molar-refractivity contribution in [1.29, 1.82) is 0 Å². The number of aromatic nitrogens is 2. The summed E-state index contributed by atoms with van der Waals surface area (Å²) < 4.78 is 7.53. The van der Waals surface area contributed by atoms with Crippen molar-refractivity contribution in [3.8, 4) is 0 Å². The third-order valence-electron chi connectivity index (χ3n) is 3.85. The third kappa shape index (κ3) is 3.55. The lowest BCUT2D eigenvalue weighted by atomic mass is 10.2. The van der Waals surface area contributed by atoms with Gasteiger partial charge in [-0.25, -0.2) is 4.98 Å². The van der Waals surface area contributed by atoms with Crippen molar-refractivity contribution in [3.63, 3.8) is 0 Å². The molecule has 0 aliphatic carbocycles. The monoisotopic (exact) mass is 286 g/mol. The van der Waals surface area contributed by atoms with Crippen LogP contribution in [-0.4, -0.2) is 42.4 Å². The normalized spacial score (nSPS) is 15.2. The Kier molecular flexibility index (Phi) is 4.40. The fraction of sp³-hybridized carbons (Fsp3) is 0.438. The molecule has 1 aliphatic rings. The average Bonchev–Trinajstić information content (AvgIpc) is 2.94. The maximum atomic E-state index is 5.38. The molecular weight excluding hydrogens is 264 g/mol. The van der Waals surface area contributed by atoms with Crippen molar-refractivity contribution in [2.24, 2.45) is 0 Å². The smallest absolute Gasteiger partial charge is 0.105 e. The van der Waals surface area contributed by atoms with Gasteiger partial charge in [0.05, 0.1) is 13.2 Å². The highest BCUT2D eigenvalue weighted by atomic mass is 16.5. The molecule has 0 amide bonds. The quantitative estimate of drug-likeness (QED) is 0.914. The van der Waals surface area contributed by atoms with Gasteiger partial charge in [0, 0.05) is 49.9 Å². The maximum Gasteiger partial charge on any atom is 0.105 e. The Morgan fingerprint density at radius 2 is 1.95 bits per heavy atom. The Hall–Kier alpha value is -2.01. The van der Waals surface area contributed by atoms with Gasteiger partial charge in [-0.1, -0.05) is 0 Å². The summed E-state index contributed by atoms with van der Waals surface area (Å²) in [6.07, 6.45) is 3.85. The Bertz CT molecular complexity index is 558. The molecule has 0 bridgehead atoms. The van der Waals surface area contributed by atoms with E-state index in [-0.39, 0.29) is 0 Å². The first-order valence-electron chi connectivity index (χ1n) is 7.47. The van der Waals surface area contributed by atoms with Crippen molar-refractivity contribution < 1.29 is 4.74 Å². The number of nitrogens with zero attached hydrogens (tertiary/aromatic N) is 3. The first-order chi connectivity index (χ1) is 10.3. The SMILES string of the molecule is Cc1nccn1CCNc1ccc(N2CCOCC2)cc1. The van der Waals surface area contributed by atoms with Crippen LogP contribution in [0.25, 0.3) is 0 Å². The molecule has 1 N–H and O–H groups in total. The Labute approximate surface area is 125 Å². The summed E-state index contributed by atoms with van der Waals surface area (Å²) in [5, 5.41) is 3.45. The highest BCUT2D eigenvalue weighted by Gasteiger charge is 2.10. The molecule has 5 nitrogen and oxygen atoms in total. The summed E-state index contributed by atoms with van der Waals surface area (Å²) in [7, 11) is 0. The molecule has 112 valence electrons. The Balaban J connectivity index is 1.51. The van der Waals surface area contributed by atoms with Gasteiger partial charge in [-0.15, -0.1) is 0 Å². The fourth-order valence-electron chi connectivity index (χ4n) is 2.57.